The van der Waals surface area contributed by atoms with Crippen molar-refractivity contribution in [1.82, 2.24) is 0 Å². The van der Waals surface area contributed by atoms with Crippen molar-refractivity contribution >= 4 is 7.60 Å². The van der Waals surface area contributed by atoms with Gasteiger partial charge in [0.2, 0.25) is 0 Å². The van der Waals surface area contributed by atoms with Gasteiger partial charge in [-0.15, -0.1) is 0 Å². The third-order valence-corrected chi connectivity index (χ3v) is 9.34. The van der Waals surface area contributed by atoms with Gasteiger partial charge in [-0.05, 0) is 52.9 Å². The van der Waals surface area contributed by atoms with Crippen LogP contribution in [-0.2, 0) is 37.5 Å². The first-order chi connectivity index (χ1) is 19.7. The summed E-state index contributed by atoms with van der Waals surface area (Å²) >= 11 is 0. The normalized spacial score (nSPS) is 35.7. The Morgan fingerprint density at radius 3 is 1.71 bits per heavy atom. The van der Waals surface area contributed by atoms with Crippen LogP contribution in [0.5, 0.6) is 0 Å². The summed E-state index contributed by atoms with van der Waals surface area (Å²) < 4.78 is 50.1. The SMILES string of the molecule is COCCCCCOC1OC(COC2OC(COCCCCOP(=O)(O)C(C)(C)C)C(O)C(O)C2O)C(O)C(O)C1O. The van der Waals surface area contributed by atoms with Crippen molar-refractivity contribution in [2.24, 2.45) is 0 Å². The maximum Gasteiger partial charge on any atom is 0.333 e. The smallest absolute Gasteiger partial charge is 0.333 e. The molecule has 0 saturated carbocycles. The van der Waals surface area contributed by atoms with Crippen LogP contribution >= 0.6 is 7.60 Å². The molecule has 0 bridgehead atoms. The molecule has 0 aromatic rings. The highest BCUT2D eigenvalue weighted by Gasteiger charge is 2.47. The molecule has 2 aliphatic heterocycles. The molecule has 250 valence electrons. The van der Waals surface area contributed by atoms with Crippen LogP contribution in [0.15, 0.2) is 0 Å². The summed E-state index contributed by atoms with van der Waals surface area (Å²) in [4.78, 5) is 9.92. The average Bonchev–Trinajstić information content (AvgIpc) is 2.93. The highest BCUT2D eigenvalue weighted by molar-refractivity contribution is 7.54. The van der Waals surface area contributed by atoms with Crippen LogP contribution in [-0.4, -0.2) is 149 Å². The van der Waals surface area contributed by atoms with Gasteiger partial charge in [-0.2, -0.15) is 0 Å². The fourth-order valence-corrected chi connectivity index (χ4v) is 4.95. The second-order valence-corrected chi connectivity index (χ2v) is 14.2. The van der Waals surface area contributed by atoms with Crippen LogP contribution in [0.1, 0.15) is 52.9 Å². The zero-order chi connectivity index (χ0) is 31.5. The van der Waals surface area contributed by atoms with Crippen LogP contribution in [0.3, 0.4) is 0 Å². The van der Waals surface area contributed by atoms with Gasteiger partial charge < -0.3 is 68.5 Å². The van der Waals surface area contributed by atoms with Gasteiger partial charge in [-0.1, -0.05) is 0 Å². The Hall–Kier alpha value is -0.330. The van der Waals surface area contributed by atoms with Crippen molar-refractivity contribution in [3.63, 3.8) is 0 Å². The van der Waals surface area contributed by atoms with E-state index < -0.39 is 80.8 Å². The second kappa shape index (κ2) is 18.0. The van der Waals surface area contributed by atoms with E-state index in [2.05, 4.69) is 0 Å². The van der Waals surface area contributed by atoms with Crippen molar-refractivity contribution in [3.05, 3.63) is 0 Å². The van der Waals surface area contributed by atoms with Crippen molar-refractivity contribution in [1.29, 1.82) is 0 Å². The lowest BCUT2D eigenvalue weighted by molar-refractivity contribution is -0.331. The summed E-state index contributed by atoms with van der Waals surface area (Å²) in [5, 5.41) is 61.1. The number of aliphatic hydroxyl groups excluding tert-OH is 6. The van der Waals surface area contributed by atoms with Crippen molar-refractivity contribution in [2.75, 3.05) is 46.8 Å². The Labute approximate surface area is 247 Å². The molecule has 0 amide bonds. The molecule has 2 saturated heterocycles. The molecular formula is C26H51O15P. The molecule has 2 aliphatic rings. The third kappa shape index (κ3) is 11.2. The first kappa shape index (κ1) is 37.9. The van der Waals surface area contributed by atoms with Crippen molar-refractivity contribution in [3.8, 4) is 0 Å². The summed E-state index contributed by atoms with van der Waals surface area (Å²) in [6, 6.07) is 0. The highest BCUT2D eigenvalue weighted by Crippen LogP contribution is 2.54. The van der Waals surface area contributed by atoms with Crippen molar-refractivity contribution < 1.29 is 73.0 Å². The Morgan fingerprint density at radius 2 is 1.14 bits per heavy atom. The Kier molecular flexibility index (Phi) is 16.2. The molecule has 0 aromatic heterocycles. The van der Waals surface area contributed by atoms with E-state index in [9.17, 15) is 40.1 Å². The summed E-state index contributed by atoms with van der Waals surface area (Å²) in [5.74, 6) is 0. The molecule has 42 heavy (non-hydrogen) atoms. The number of methoxy groups -OCH3 is 1. The Bertz CT molecular complexity index is 798. The van der Waals surface area contributed by atoms with Gasteiger partial charge in [-0.25, -0.2) is 0 Å². The van der Waals surface area contributed by atoms with Gasteiger partial charge in [0.25, 0.3) is 0 Å². The van der Waals surface area contributed by atoms with E-state index >= 15 is 0 Å². The minimum atomic E-state index is -3.74. The number of hydrogen-bond donors (Lipinski definition) is 7. The number of ether oxygens (including phenoxy) is 6. The number of hydrogen-bond acceptors (Lipinski definition) is 14. The van der Waals surface area contributed by atoms with Gasteiger partial charge in [0, 0.05) is 26.9 Å². The topological polar surface area (TPSA) is 223 Å². The first-order valence-corrected chi connectivity index (χ1v) is 16.0. The van der Waals surface area contributed by atoms with Crippen LogP contribution in [0.4, 0.5) is 0 Å². The summed E-state index contributed by atoms with van der Waals surface area (Å²) in [6.07, 6.45) is -11.0. The molecule has 2 rings (SSSR count). The molecule has 0 spiro atoms. The van der Waals surface area contributed by atoms with E-state index in [4.69, 9.17) is 32.9 Å². The zero-order valence-corrected chi connectivity index (χ0v) is 25.8. The van der Waals surface area contributed by atoms with Gasteiger partial charge >= 0.3 is 7.60 Å². The third-order valence-electron chi connectivity index (χ3n) is 7.12. The largest absolute Gasteiger partial charge is 0.387 e. The fraction of sp³-hybridized carbons (Fsp3) is 1.00. The molecule has 16 heteroatoms. The van der Waals surface area contributed by atoms with E-state index in [1.807, 2.05) is 0 Å². The fourth-order valence-electron chi connectivity index (χ4n) is 4.19. The molecule has 7 N–H and O–H groups in total. The van der Waals surface area contributed by atoms with Crippen LogP contribution < -0.4 is 0 Å². The minimum Gasteiger partial charge on any atom is -0.387 e. The molecule has 0 radical (unpaired) electrons. The molecule has 0 aromatic carbocycles. The lowest BCUT2D eigenvalue weighted by Crippen LogP contribution is -2.61. The van der Waals surface area contributed by atoms with Gasteiger partial charge in [0.1, 0.15) is 48.8 Å². The number of aliphatic hydroxyl groups is 6. The molecule has 2 heterocycles. The molecule has 2 fully saturated rings. The van der Waals surface area contributed by atoms with Crippen LogP contribution in [0.2, 0.25) is 0 Å². The second-order valence-electron chi connectivity index (χ2n) is 11.6. The highest BCUT2D eigenvalue weighted by atomic mass is 31.2. The predicted molar refractivity (Wildman–Crippen MR) is 147 cm³/mol. The minimum absolute atomic E-state index is 0.0683. The lowest BCUT2D eigenvalue weighted by Gasteiger charge is -2.43. The number of unbranched alkanes of at least 4 members (excludes halogenated alkanes) is 3. The quantitative estimate of drug-likeness (QED) is 0.0728. The van der Waals surface area contributed by atoms with E-state index in [1.54, 1.807) is 27.9 Å². The molecule has 11 unspecified atom stereocenters. The molecule has 0 aliphatic carbocycles. The van der Waals surface area contributed by atoms with Crippen LogP contribution in [0.25, 0.3) is 0 Å². The Balaban J connectivity index is 1.79. The van der Waals surface area contributed by atoms with E-state index in [1.165, 1.54) is 0 Å². The monoisotopic (exact) mass is 634 g/mol. The molecule has 11 atom stereocenters. The van der Waals surface area contributed by atoms with E-state index in [-0.39, 0.29) is 26.4 Å². The van der Waals surface area contributed by atoms with Crippen LogP contribution in [0, 0.1) is 0 Å². The van der Waals surface area contributed by atoms with Crippen molar-refractivity contribution in [2.45, 2.75) is 119 Å². The van der Waals surface area contributed by atoms with Gasteiger partial charge in [0.15, 0.2) is 12.6 Å². The lowest BCUT2D eigenvalue weighted by atomic mass is 9.98. The summed E-state index contributed by atoms with van der Waals surface area (Å²) in [5.41, 5.74) is 0. The Morgan fingerprint density at radius 1 is 0.643 bits per heavy atom. The summed E-state index contributed by atoms with van der Waals surface area (Å²) in [7, 11) is -2.13. The maximum atomic E-state index is 12.1. The molecular weight excluding hydrogens is 583 g/mol. The first-order valence-electron chi connectivity index (χ1n) is 14.4. The van der Waals surface area contributed by atoms with E-state index in [0.29, 0.717) is 25.9 Å². The van der Waals surface area contributed by atoms with E-state index in [0.717, 1.165) is 12.8 Å². The van der Waals surface area contributed by atoms with Gasteiger partial charge in [-0.3, -0.25) is 4.57 Å². The standard InChI is InChI=1S/C26H51O15P/c1-26(2,3)42(33,34)39-13-9-8-11-36-14-16-18(27)20(29)23(32)25(40-16)38-15-17-19(28)21(30)22(31)24(41-17)37-12-7-5-6-10-35-4/h16-25,27-32H,5-15H2,1-4H3,(H,33,34). The summed E-state index contributed by atoms with van der Waals surface area (Å²) in [6.45, 7) is 5.43. The number of rotatable bonds is 18. The predicted octanol–water partition coefficient (Wildman–Crippen LogP) is -0.751. The van der Waals surface area contributed by atoms with Gasteiger partial charge in [0.05, 0.1) is 25.0 Å². The zero-order valence-electron chi connectivity index (χ0n) is 24.9. The molecule has 15 nitrogen and oxygen atoms in total. The average molecular weight is 635 g/mol. The maximum absolute atomic E-state index is 12.1.